The van der Waals surface area contributed by atoms with Gasteiger partial charge in [0.05, 0.1) is 17.4 Å². The standard InChI is InChI=1S/C10H8BrN3O3/c11-8-4-7(5-9(6-8)14(16)17)10(15)13-3-1-2-12/h4-6H,1,3H2,(H,13,15). The van der Waals surface area contributed by atoms with Crippen LogP contribution in [-0.2, 0) is 0 Å². The number of nitrogens with zero attached hydrogens (tertiary/aromatic N) is 2. The first-order valence-electron chi connectivity index (χ1n) is 4.64. The van der Waals surface area contributed by atoms with Crippen molar-refractivity contribution in [2.75, 3.05) is 6.54 Å². The zero-order valence-electron chi connectivity index (χ0n) is 8.64. The molecule has 6 nitrogen and oxygen atoms in total. The van der Waals surface area contributed by atoms with Gasteiger partial charge in [-0.2, -0.15) is 5.26 Å². The van der Waals surface area contributed by atoms with Crippen molar-refractivity contribution in [3.63, 3.8) is 0 Å². The van der Waals surface area contributed by atoms with E-state index in [0.717, 1.165) is 0 Å². The Hall–Kier alpha value is -1.94. The number of nitro groups is 1. The van der Waals surface area contributed by atoms with Crippen molar-refractivity contribution >= 4 is 27.5 Å². The summed E-state index contributed by atoms with van der Waals surface area (Å²) in [7, 11) is 0. The lowest BCUT2D eigenvalue weighted by Crippen LogP contribution is -2.24. The Morgan fingerprint density at radius 3 is 2.82 bits per heavy atom. The van der Waals surface area contributed by atoms with Gasteiger partial charge in [-0.3, -0.25) is 14.9 Å². The van der Waals surface area contributed by atoms with Crippen LogP contribution >= 0.6 is 15.9 Å². The van der Waals surface area contributed by atoms with Crippen LogP contribution in [0.3, 0.4) is 0 Å². The number of carbonyl (C=O) groups excluding carboxylic acids is 1. The number of amides is 1. The van der Waals surface area contributed by atoms with Crippen LogP contribution in [0.1, 0.15) is 16.8 Å². The summed E-state index contributed by atoms with van der Waals surface area (Å²) in [5.74, 6) is -0.440. The molecule has 0 aliphatic rings. The molecule has 0 atom stereocenters. The monoisotopic (exact) mass is 297 g/mol. The summed E-state index contributed by atoms with van der Waals surface area (Å²) in [4.78, 5) is 21.6. The van der Waals surface area contributed by atoms with Crippen LogP contribution in [-0.4, -0.2) is 17.4 Å². The number of hydrogen-bond donors (Lipinski definition) is 1. The number of non-ortho nitro benzene ring substituents is 1. The third kappa shape index (κ3) is 3.85. The van der Waals surface area contributed by atoms with Gasteiger partial charge in [-0.1, -0.05) is 15.9 Å². The van der Waals surface area contributed by atoms with Gasteiger partial charge in [0, 0.05) is 28.7 Å². The number of hydrogen-bond acceptors (Lipinski definition) is 4. The lowest BCUT2D eigenvalue weighted by atomic mass is 10.2. The molecule has 1 aromatic carbocycles. The molecule has 0 aromatic heterocycles. The molecule has 0 unspecified atom stereocenters. The Balaban J connectivity index is 2.87. The highest BCUT2D eigenvalue weighted by Crippen LogP contribution is 2.21. The average molecular weight is 298 g/mol. The normalized spacial score (nSPS) is 9.41. The largest absolute Gasteiger partial charge is 0.351 e. The third-order valence-electron chi connectivity index (χ3n) is 1.88. The van der Waals surface area contributed by atoms with E-state index in [0.29, 0.717) is 4.47 Å². The van der Waals surface area contributed by atoms with E-state index in [2.05, 4.69) is 21.2 Å². The molecule has 0 saturated heterocycles. The van der Waals surface area contributed by atoms with E-state index in [1.54, 1.807) is 0 Å². The van der Waals surface area contributed by atoms with Crippen molar-refractivity contribution in [1.82, 2.24) is 5.32 Å². The first-order chi connectivity index (χ1) is 8.04. The number of halogens is 1. The van der Waals surface area contributed by atoms with Crippen molar-refractivity contribution in [2.45, 2.75) is 6.42 Å². The quantitative estimate of drug-likeness (QED) is 0.522. The summed E-state index contributed by atoms with van der Waals surface area (Å²) >= 11 is 3.09. The number of nitro benzene ring substituents is 1. The maximum atomic E-state index is 11.6. The molecule has 17 heavy (non-hydrogen) atoms. The maximum Gasteiger partial charge on any atom is 0.271 e. The van der Waals surface area contributed by atoms with E-state index in [4.69, 9.17) is 5.26 Å². The number of carbonyl (C=O) groups is 1. The molecule has 0 aliphatic heterocycles. The van der Waals surface area contributed by atoms with E-state index in [9.17, 15) is 14.9 Å². The highest BCUT2D eigenvalue weighted by atomic mass is 79.9. The van der Waals surface area contributed by atoms with Gasteiger partial charge in [0.15, 0.2) is 0 Å². The molecule has 0 spiro atoms. The van der Waals surface area contributed by atoms with E-state index in [-0.39, 0.29) is 24.2 Å². The van der Waals surface area contributed by atoms with Crippen molar-refractivity contribution < 1.29 is 9.72 Å². The molecule has 88 valence electrons. The van der Waals surface area contributed by atoms with Crippen LogP contribution < -0.4 is 5.32 Å². The number of nitriles is 1. The molecule has 7 heteroatoms. The summed E-state index contributed by atoms with van der Waals surface area (Å²) in [6.45, 7) is 0.218. The maximum absolute atomic E-state index is 11.6. The van der Waals surface area contributed by atoms with Gasteiger partial charge in [-0.25, -0.2) is 0 Å². The second-order valence-electron chi connectivity index (χ2n) is 3.12. The molecule has 0 fully saturated rings. The Kier molecular flexibility index (Phi) is 4.60. The van der Waals surface area contributed by atoms with Gasteiger partial charge in [0.1, 0.15) is 0 Å². The molecule has 0 saturated carbocycles. The van der Waals surface area contributed by atoms with E-state index in [1.807, 2.05) is 6.07 Å². The molecule has 0 radical (unpaired) electrons. The fourth-order valence-corrected chi connectivity index (χ4v) is 1.63. The van der Waals surface area contributed by atoms with Crippen LogP contribution in [0.4, 0.5) is 5.69 Å². The van der Waals surface area contributed by atoms with Crippen LogP contribution in [0.25, 0.3) is 0 Å². The highest BCUT2D eigenvalue weighted by molar-refractivity contribution is 9.10. The zero-order valence-corrected chi connectivity index (χ0v) is 10.2. The number of rotatable bonds is 4. The summed E-state index contributed by atoms with van der Waals surface area (Å²) in [5, 5.41) is 21.4. The van der Waals surface area contributed by atoms with Gasteiger partial charge in [0.25, 0.3) is 11.6 Å². The molecule has 1 rings (SSSR count). The van der Waals surface area contributed by atoms with Crippen LogP contribution in [0.5, 0.6) is 0 Å². The topological polar surface area (TPSA) is 96.0 Å². The summed E-state index contributed by atoms with van der Waals surface area (Å²) < 4.78 is 0.456. The first kappa shape index (κ1) is 13.1. The van der Waals surface area contributed by atoms with Crippen LogP contribution in [0.15, 0.2) is 22.7 Å². The molecule has 0 bridgehead atoms. The Labute approximate surface area is 106 Å². The molecule has 0 heterocycles. The number of benzene rings is 1. The van der Waals surface area contributed by atoms with Crippen molar-refractivity contribution in [3.8, 4) is 6.07 Å². The smallest absolute Gasteiger partial charge is 0.271 e. The summed E-state index contributed by atoms with van der Waals surface area (Å²) in [6, 6.07) is 5.86. The highest BCUT2D eigenvalue weighted by Gasteiger charge is 2.13. The van der Waals surface area contributed by atoms with E-state index >= 15 is 0 Å². The molecule has 1 N–H and O–H groups in total. The predicted octanol–water partition coefficient (Wildman–Crippen LogP) is 2.00. The van der Waals surface area contributed by atoms with E-state index in [1.165, 1.54) is 18.2 Å². The Bertz CT molecular complexity index is 496. The van der Waals surface area contributed by atoms with Crippen LogP contribution in [0, 0.1) is 21.4 Å². The lowest BCUT2D eigenvalue weighted by Gasteiger charge is -2.03. The second-order valence-corrected chi connectivity index (χ2v) is 4.03. The minimum absolute atomic E-state index is 0.162. The van der Waals surface area contributed by atoms with E-state index < -0.39 is 10.8 Å². The van der Waals surface area contributed by atoms with Crippen LogP contribution in [0.2, 0.25) is 0 Å². The number of nitrogens with one attached hydrogen (secondary N) is 1. The van der Waals surface area contributed by atoms with Crippen molar-refractivity contribution in [1.29, 1.82) is 5.26 Å². The van der Waals surface area contributed by atoms with Crippen molar-refractivity contribution in [3.05, 3.63) is 38.3 Å². The fraction of sp³-hybridized carbons (Fsp3) is 0.200. The molecule has 1 aromatic rings. The second kappa shape index (κ2) is 5.96. The minimum atomic E-state index is -0.573. The lowest BCUT2D eigenvalue weighted by molar-refractivity contribution is -0.385. The van der Waals surface area contributed by atoms with Gasteiger partial charge < -0.3 is 5.32 Å². The first-order valence-corrected chi connectivity index (χ1v) is 5.44. The van der Waals surface area contributed by atoms with Gasteiger partial charge in [0.2, 0.25) is 0 Å². The van der Waals surface area contributed by atoms with Gasteiger partial charge >= 0.3 is 0 Å². The van der Waals surface area contributed by atoms with Gasteiger partial charge in [-0.05, 0) is 6.07 Å². The van der Waals surface area contributed by atoms with Gasteiger partial charge in [-0.15, -0.1) is 0 Å². The minimum Gasteiger partial charge on any atom is -0.351 e. The molecule has 1 amide bonds. The Morgan fingerprint density at radius 2 is 2.24 bits per heavy atom. The summed E-state index contributed by atoms with van der Waals surface area (Å²) in [6.07, 6.45) is 0.196. The summed E-state index contributed by atoms with van der Waals surface area (Å²) in [5.41, 5.74) is 0.0221. The molecular weight excluding hydrogens is 290 g/mol. The average Bonchev–Trinajstić information content (AvgIpc) is 2.28. The predicted molar refractivity (Wildman–Crippen MR) is 63.4 cm³/mol. The zero-order chi connectivity index (χ0) is 12.8. The third-order valence-corrected chi connectivity index (χ3v) is 2.34. The molecule has 0 aliphatic carbocycles. The Morgan fingerprint density at radius 1 is 1.53 bits per heavy atom. The molecular formula is C10H8BrN3O3. The van der Waals surface area contributed by atoms with Crippen molar-refractivity contribution in [2.24, 2.45) is 0 Å². The fourth-order valence-electron chi connectivity index (χ4n) is 1.14. The SMILES string of the molecule is N#CCCNC(=O)c1cc(Br)cc([N+](=O)[O-])c1.